The molecule has 0 saturated heterocycles. The third-order valence-electron chi connectivity index (χ3n) is 2.26. The molecule has 1 aromatic carbocycles. The van der Waals surface area contributed by atoms with Crippen LogP contribution in [0, 0.1) is 0 Å². The van der Waals surface area contributed by atoms with E-state index in [9.17, 15) is 9.59 Å². The van der Waals surface area contributed by atoms with Crippen LogP contribution in [0.15, 0.2) is 18.2 Å². The van der Waals surface area contributed by atoms with Crippen LogP contribution in [0.1, 0.15) is 24.2 Å². The quantitative estimate of drug-likeness (QED) is 0.838. The number of benzene rings is 1. The number of carbonyl (C=O) groups is 2. The molecule has 0 radical (unpaired) electrons. The van der Waals surface area contributed by atoms with Crippen LogP contribution in [-0.2, 0) is 4.79 Å². The number of nitrogens with one attached hydrogen (secondary N) is 1. The van der Waals surface area contributed by atoms with Crippen LogP contribution in [-0.4, -0.2) is 35.1 Å². The van der Waals surface area contributed by atoms with Crippen molar-refractivity contribution < 1.29 is 19.4 Å². The molecule has 5 nitrogen and oxygen atoms in total. The lowest BCUT2D eigenvalue weighted by molar-refractivity contribution is -0.113. The number of hydrogen-bond donors (Lipinski definition) is 2. The normalized spacial score (nSPS) is 10.3. The maximum atomic E-state index is 11.6. The molecule has 0 atom stereocenters. The minimum absolute atomic E-state index is 0.0667. The molecule has 6 heteroatoms. The monoisotopic (exact) mass is 283 g/mol. The summed E-state index contributed by atoms with van der Waals surface area (Å²) in [5.74, 6) is -0.601. The molecule has 0 saturated carbocycles. The summed E-state index contributed by atoms with van der Waals surface area (Å²) in [4.78, 5) is 22.6. The van der Waals surface area contributed by atoms with E-state index in [0.717, 1.165) is 0 Å². The highest BCUT2D eigenvalue weighted by molar-refractivity contribution is 8.00. The van der Waals surface area contributed by atoms with Gasteiger partial charge in [0.15, 0.2) is 0 Å². The fourth-order valence-electron chi connectivity index (χ4n) is 1.39. The van der Waals surface area contributed by atoms with Gasteiger partial charge >= 0.3 is 5.97 Å². The van der Waals surface area contributed by atoms with Gasteiger partial charge in [-0.1, -0.05) is 13.8 Å². The van der Waals surface area contributed by atoms with E-state index in [-0.39, 0.29) is 17.2 Å². The van der Waals surface area contributed by atoms with Crippen LogP contribution >= 0.6 is 11.8 Å². The Labute approximate surface area is 116 Å². The molecule has 0 heterocycles. The number of anilines is 1. The molecule has 0 aliphatic heterocycles. The van der Waals surface area contributed by atoms with Crippen LogP contribution < -0.4 is 10.1 Å². The van der Waals surface area contributed by atoms with E-state index in [1.807, 2.05) is 13.8 Å². The molecule has 0 bridgehead atoms. The Bertz CT molecular complexity index is 474. The van der Waals surface area contributed by atoms with Crippen LogP contribution in [0.5, 0.6) is 5.75 Å². The van der Waals surface area contributed by atoms with Crippen molar-refractivity contribution in [1.82, 2.24) is 0 Å². The maximum Gasteiger partial charge on any atom is 0.339 e. The van der Waals surface area contributed by atoms with E-state index in [0.29, 0.717) is 16.7 Å². The summed E-state index contributed by atoms with van der Waals surface area (Å²) >= 11 is 1.54. The number of hydrogen-bond acceptors (Lipinski definition) is 4. The maximum absolute atomic E-state index is 11.6. The van der Waals surface area contributed by atoms with Gasteiger partial charge in [-0.05, 0) is 17.4 Å². The van der Waals surface area contributed by atoms with Crippen molar-refractivity contribution in [2.45, 2.75) is 19.1 Å². The van der Waals surface area contributed by atoms with Crippen LogP contribution in [0.2, 0.25) is 0 Å². The Morgan fingerprint density at radius 1 is 1.42 bits per heavy atom. The largest absolute Gasteiger partial charge is 0.496 e. The molecule has 1 amide bonds. The number of amides is 1. The van der Waals surface area contributed by atoms with Gasteiger partial charge in [0.05, 0.1) is 12.9 Å². The lowest BCUT2D eigenvalue weighted by atomic mass is 10.2. The lowest BCUT2D eigenvalue weighted by Crippen LogP contribution is -2.15. The predicted octanol–water partition coefficient (Wildman–Crippen LogP) is 2.47. The average molecular weight is 283 g/mol. The van der Waals surface area contributed by atoms with E-state index in [1.54, 1.807) is 6.07 Å². The number of carbonyl (C=O) groups excluding carboxylic acids is 1. The van der Waals surface area contributed by atoms with Gasteiger partial charge in [-0.3, -0.25) is 4.79 Å². The standard InChI is InChI=1S/C13H17NO4S/c1-8(2)19-7-12(15)14-9-4-5-10(13(16)17)11(6-9)18-3/h4-6,8H,7H2,1-3H3,(H,14,15)(H,16,17). The first kappa shape index (κ1) is 15.4. The Balaban J connectivity index is 2.74. The zero-order valence-electron chi connectivity index (χ0n) is 11.1. The van der Waals surface area contributed by atoms with Gasteiger partial charge in [-0.25, -0.2) is 4.79 Å². The number of thioether (sulfide) groups is 1. The molecule has 0 spiro atoms. The second kappa shape index (κ2) is 7.04. The Hall–Kier alpha value is -1.69. The Morgan fingerprint density at radius 2 is 2.11 bits per heavy atom. The number of methoxy groups -OCH3 is 1. The third kappa shape index (κ3) is 4.82. The highest BCUT2D eigenvalue weighted by Gasteiger charge is 2.12. The molecule has 0 fully saturated rings. The van der Waals surface area contributed by atoms with E-state index in [1.165, 1.54) is 31.0 Å². The summed E-state index contributed by atoms with van der Waals surface area (Å²) in [6, 6.07) is 4.46. The highest BCUT2D eigenvalue weighted by Crippen LogP contribution is 2.23. The van der Waals surface area contributed by atoms with Crippen molar-refractivity contribution in [3.63, 3.8) is 0 Å². The van der Waals surface area contributed by atoms with Crippen molar-refractivity contribution >= 4 is 29.3 Å². The van der Waals surface area contributed by atoms with Crippen molar-refractivity contribution in [2.75, 3.05) is 18.2 Å². The average Bonchev–Trinajstić information content (AvgIpc) is 2.35. The van der Waals surface area contributed by atoms with Gasteiger partial charge in [-0.15, -0.1) is 11.8 Å². The summed E-state index contributed by atoms with van der Waals surface area (Å²) in [7, 11) is 1.39. The first-order valence-corrected chi connectivity index (χ1v) is 6.81. The van der Waals surface area contributed by atoms with E-state index in [4.69, 9.17) is 9.84 Å². The third-order valence-corrected chi connectivity index (χ3v) is 3.36. The molecule has 2 N–H and O–H groups in total. The van der Waals surface area contributed by atoms with Gasteiger partial charge < -0.3 is 15.2 Å². The van der Waals surface area contributed by atoms with Gasteiger partial charge in [-0.2, -0.15) is 0 Å². The van der Waals surface area contributed by atoms with E-state index < -0.39 is 5.97 Å². The number of ether oxygens (including phenoxy) is 1. The zero-order valence-corrected chi connectivity index (χ0v) is 11.9. The predicted molar refractivity (Wildman–Crippen MR) is 76.2 cm³/mol. The Kier molecular flexibility index (Phi) is 5.69. The zero-order chi connectivity index (χ0) is 14.4. The van der Waals surface area contributed by atoms with Gasteiger partial charge in [0.25, 0.3) is 0 Å². The van der Waals surface area contributed by atoms with Crippen molar-refractivity contribution in [3.05, 3.63) is 23.8 Å². The number of carboxylic acid groups (broad SMARTS) is 1. The molecule has 1 aromatic rings. The highest BCUT2D eigenvalue weighted by atomic mass is 32.2. The van der Waals surface area contributed by atoms with Crippen LogP contribution in [0.4, 0.5) is 5.69 Å². The number of rotatable bonds is 6. The topological polar surface area (TPSA) is 75.6 Å². The molecule has 0 aliphatic carbocycles. The molecule has 19 heavy (non-hydrogen) atoms. The smallest absolute Gasteiger partial charge is 0.339 e. The molecule has 0 aliphatic rings. The van der Waals surface area contributed by atoms with Gasteiger partial charge in [0.1, 0.15) is 11.3 Å². The second-order valence-electron chi connectivity index (χ2n) is 4.13. The molecular formula is C13H17NO4S. The first-order valence-electron chi connectivity index (χ1n) is 5.76. The molecule has 0 unspecified atom stereocenters. The summed E-state index contributed by atoms with van der Waals surface area (Å²) in [5.41, 5.74) is 0.591. The second-order valence-corrected chi connectivity index (χ2v) is 5.69. The van der Waals surface area contributed by atoms with Gasteiger partial charge in [0.2, 0.25) is 5.91 Å². The van der Waals surface area contributed by atoms with E-state index >= 15 is 0 Å². The minimum Gasteiger partial charge on any atom is -0.496 e. The lowest BCUT2D eigenvalue weighted by Gasteiger charge is -2.10. The van der Waals surface area contributed by atoms with Crippen molar-refractivity contribution in [3.8, 4) is 5.75 Å². The summed E-state index contributed by atoms with van der Waals surface area (Å²) < 4.78 is 4.99. The van der Waals surface area contributed by atoms with Gasteiger partial charge in [0, 0.05) is 11.8 Å². The molecular weight excluding hydrogens is 266 g/mol. The SMILES string of the molecule is COc1cc(NC(=O)CSC(C)C)ccc1C(=O)O. The van der Waals surface area contributed by atoms with Crippen LogP contribution in [0.25, 0.3) is 0 Å². The fraction of sp³-hybridized carbons (Fsp3) is 0.385. The molecule has 0 aromatic heterocycles. The first-order chi connectivity index (χ1) is 8.93. The minimum atomic E-state index is -1.06. The fourth-order valence-corrected chi connectivity index (χ4v) is 1.94. The molecule has 1 rings (SSSR count). The molecule has 104 valence electrons. The van der Waals surface area contributed by atoms with E-state index in [2.05, 4.69) is 5.32 Å². The van der Waals surface area contributed by atoms with Crippen molar-refractivity contribution in [2.24, 2.45) is 0 Å². The van der Waals surface area contributed by atoms with Crippen molar-refractivity contribution in [1.29, 1.82) is 0 Å². The summed E-state index contributed by atoms with van der Waals surface area (Å²) in [6.07, 6.45) is 0. The summed E-state index contributed by atoms with van der Waals surface area (Å²) in [5, 5.41) is 12.0. The Morgan fingerprint density at radius 3 is 2.63 bits per heavy atom. The van der Waals surface area contributed by atoms with Crippen LogP contribution in [0.3, 0.4) is 0 Å². The number of aromatic carboxylic acids is 1. The number of carboxylic acids is 1. The summed E-state index contributed by atoms with van der Waals surface area (Å²) in [6.45, 7) is 4.03.